The van der Waals surface area contributed by atoms with Crippen LogP contribution in [0.15, 0.2) is 158 Å². The lowest BCUT2D eigenvalue weighted by atomic mass is 9.89. The van der Waals surface area contributed by atoms with Crippen LogP contribution in [-0.2, 0) is 6.42 Å². The number of nitrogens with zero attached hydrogens (tertiary/aromatic N) is 3. The number of fused-ring (bicyclic) bond motifs is 10. The van der Waals surface area contributed by atoms with Crippen molar-refractivity contribution in [2.45, 2.75) is 18.9 Å². The first-order chi connectivity index (χ1) is 23.3. The molecule has 1 atom stereocenters. The molecule has 2 aromatic heterocycles. The summed E-state index contributed by atoms with van der Waals surface area (Å²) < 4.78 is 2.34. The Morgan fingerprint density at radius 2 is 1.26 bits per heavy atom. The van der Waals surface area contributed by atoms with Crippen LogP contribution in [0.25, 0.3) is 60.3 Å². The molecule has 0 amide bonds. The van der Waals surface area contributed by atoms with Crippen LogP contribution in [0.5, 0.6) is 0 Å². The van der Waals surface area contributed by atoms with Crippen molar-refractivity contribution in [2.24, 2.45) is 0 Å². The normalized spacial score (nSPS) is 14.8. The molecule has 0 aliphatic carbocycles. The number of hydrogen-bond donors (Lipinski definition) is 0. The van der Waals surface area contributed by atoms with Gasteiger partial charge in [0.15, 0.2) is 0 Å². The first-order valence-electron chi connectivity index (χ1n) is 16.5. The summed E-state index contributed by atoms with van der Waals surface area (Å²) in [5.74, 6) is 0. The Bertz CT molecular complexity index is 2650. The maximum absolute atomic E-state index is 5.08. The zero-order chi connectivity index (χ0) is 30.9. The fraction of sp³-hybridized carbons (Fsp3) is 0.0682. The van der Waals surface area contributed by atoms with Gasteiger partial charge in [-0.25, -0.2) is 4.98 Å². The zero-order valence-corrected chi connectivity index (χ0v) is 25.8. The molecule has 3 nitrogen and oxygen atoms in total. The fourth-order valence-corrected chi connectivity index (χ4v) is 7.91. The molecule has 3 heteroatoms. The van der Waals surface area contributed by atoms with E-state index in [0.29, 0.717) is 0 Å². The molecule has 47 heavy (non-hydrogen) atoms. The Kier molecular flexibility index (Phi) is 5.76. The molecule has 0 spiro atoms. The molecule has 222 valence electrons. The number of rotatable bonds is 3. The summed E-state index contributed by atoms with van der Waals surface area (Å²) in [5, 5.41) is 6.18. The quantitative estimate of drug-likeness (QED) is 0.188. The number of aromatic nitrogens is 2. The Morgan fingerprint density at radius 1 is 0.532 bits per heavy atom. The first kappa shape index (κ1) is 26.3. The van der Waals surface area contributed by atoms with Gasteiger partial charge in [0, 0.05) is 22.1 Å². The van der Waals surface area contributed by atoms with Crippen LogP contribution in [0.2, 0.25) is 0 Å². The number of imidazole rings is 1. The lowest BCUT2D eigenvalue weighted by Gasteiger charge is -2.39. The fourth-order valence-electron chi connectivity index (χ4n) is 7.91. The predicted octanol–water partition coefficient (Wildman–Crippen LogP) is 11.4. The number of anilines is 2. The van der Waals surface area contributed by atoms with Crippen LogP contribution < -0.4 is 4.90 Å². The third-order valence-corrected chi connectivity index (χ3v) is 10.1. The highest BCUT2D eigenvalue weighted by molar-refractivity contribution is 6.14. The summed E-state index contributed by atoms with van der Waals surface area (Å²) in [4.78, 5) is 7.62. The Hall–Kier alpha value is -5.93. The average molecular weight is 602 g/mol. The molecular weight excluding hydrogens is 571 g/mol. The molecule has 3 heterocycles. The molecule has 0 saturated heterocycles. The van der Waals surface area contributed by atoms with E-state index in [0.717, 1.165) is 29.5 Å². The number of hydrogen-bond acceptors (Lipinski definition) is 2. The number of pyridine rings is 1. The summed E-state index contributed by atoms with van der Waals surface area (Å²) in [7, 11) is 0. The van der Waals surface area contributed by atoms with E-state index in [1.54, 1.807) is 0 Å². The van der Waals surface area contributed by atoms with Gasteiger partial charge in [-0.05, 0) is 99.8 Å². The Morgan fingerprint density at radius 3 is 2.19 bits per heavy atom. The monoisotopic (exact) mass is 601 g/mol. The van der Waals surface area contributed by atoms with Gasteiger partial charge in [0.2, 0.25) is 0 Å². The SMILES string of the molecule is c1ccc(N2c3ccccc3CCC2c2ccc3cc(-c4ccc5c6ccccc6c6nc7ccccc7n6c5c4)ccc3c2)cc1. The van der Waals surface area contributed by atoms with Gasteiger partial charge >= 0.3 is 0 Å². The largest absolute Gasteiger partial charge is 0.334 e. The first-order valence-corrected chi connectivity index (χ1v) is 16.5. The molecular formula is C44H31N3. The maximum atomic E-state index is 5.08. The van der Waals surface area contributed by atoms with Crippen molar-refractivity contribution in [3.63, 3.8) is 0 Å². The van der Waals surface area contributed by atoms with Crippen LogP contribution >= 0.6 is 0 Å². The number of aryl methyl sites for hydroxylation is 1. The van der Waals surface area contributed by atoms with E-state index < -0.39 is 0 Å². The van der Waals surface area contributed by atoms with E-state index in [1.807, 2.05) is 0 Å². The van der Waals surface area contributed by atoms with E-state index >= 15 is 0 Å². The summed E-state index contributed by atoms with van der Waals surface area (Å²) in [6.45, 7) is 0. The Labute approximate surface area is 273 Å². The minimum atomic E-state index is 0.277. The van der Waals surface area contributed by atoms with Gasteiger partial charge in [-0.2, -0.15) is 0 Å². The smallest absolute Gasteiger partial charge is 0.146 e. The molecule has 0 saturated carbocycles. The maximum Gasteiger partial charge on any atom is 0.146 e. The van der Waals surface area contributed by atoms with Gasteiger partial charge < -0.3 is 4.90 Å². The molecule has 1 aliphatic rings. The molecule has 0 bridgehead atoms. The van der Waals surface area contributed by atoms with Crippen molar-refractivity contribution < 1.29 is 0 Å². The predicted molar refractivity (Wildman–Crippen MR) is 197 cm³/mol. The van der Waals surface area contributed by atoms with Crippen LogP contribution in [0, 0.1) is 0 Å². The van der Waals surface area contributed by atoms with E-state index in [-0.39, 0.29) is 6.04 Å². The topological polar surface area (TPSA) is 20.5 Å². The third-order valence-electron chi connectivity index (χ3n) is 10.1. The molecule has 1 unspecified atom stereocenters. The van der Waals surface area contributed by atoms with Gasteiger partial charge in [-0.15, -0.1) is 0 Å². The second-order valence-corrected chi connectivity index (χ2v) is 12.7. The van der Waals surface area contributed by atoms with Crippen molar-refractivity contribution >= 4 is 60.5 Å². The van der Waals surface area contributed by atoms with Crippen LogP contribution in [0.1, 0.15) is 23.6 Å². The average Bonchev–Trinajstić information content (AvgIpc) is 3.54. The van der Waals surface area contributed by atoms with Crippen LogP contribution in [0.3, 0.4) is 0 Å². The molecule has 1 aliphatic heterocycles. The molecule has 0 N–H and O–H groups in total. The highest BCUT2D eigenvalue weighted by atomic mass is 15.2. The summed E-state index contributed by atoms with van der Waals surface area (Å²) in [6, 6.07) is 57.9. The van der Waals surface area contributed by atoms with Crippen molar-refractivity contribution in [3.8, 4) is 11.1 Å². The Balaban J connectivity index is 1.09. The van der Waals surface area contributed by atoms with Gasteiger partial charge in [0.1, 0.15) is 5.65 Å². The summed E-state index contributed by atoms with van der Waals surface area (Å²) in [6.07, 6.45) is 2.16. The minimum absolute atomic E-state index is 0.277. The van der Waals surface area contributed by atoms with E-state index in [2.05, 4.69) is 167 Å². The van der Waals surface area contributed by atoms with Crippen molar-refractivity contribution in [1.29, 1.82) is 0 Å². The van der Waals surface area contributed by atoms with Crippen LogP contribution in [0.4, 0.5) is 11.4 Å². The minimum Gasteiger partial charge on any atom is -0.334 e. The molecule has 9 aromatic rings. The van der Waals surface area contributed by atoms with E-state index in [9.17, 15) is 0 Å². The second-order valence-electron chi connectivity index (χ2n) is 12.7. The van der Waals surface area contributed by atoms with Crippen molar-refractivity contribution in [3.05, 3.63) is 169 Å². The van der Waals surface area contributed by atoms with Gasteiger partial charge in [0.05, 0.1) is 22.6 Å². The zero-order valence-electron chi connectivity index (χ0n) is 25.8. The molecule has 7 aromatic carbocycles. The molecule has 0 fully saturated rings. The number of benzene rings is 7. The lowest BCUT2D eigenvalue weighted by molar-refractivity contribution is 0.604. The third kappa shape index (κ3) is 4.10. The van der Waals surface area contributed by atoms with E-state index in [1.165, 1.54) is 66.1 Å². The van der Waals surface area contributed by atoms with Gasteiger partial charge in [-0.3, -0.25) is 4.40 Å². The highest BCUT2D eigenvalue weighted by Crippen LogP contribution is 2.44. The van der Waals surface area contributed by atoms with E-state index in [4.69, 9.17) is 4.98 Å². The number of para-hydroxylation sites is 4. The standard InChI is InChI=1S/C44H31N3/c1-2-11-35(12-3-1)46-40-16-8-4-10-29(40)23-25-41(46)34-21-20-30-26-31(18-19-32(30)27-34)33-22-24-37-36-13-5-6-14-38(36)44-45-39-15-7-9-17-42(39)47(44)43(37)28-33/h1-22,24,26-28,41H,23,25H2. The van der Waals surface area contributed by atoms with Crippen LogP contribution in [-0.4, -0.2) is 9.38 Å². The molecule has 10 rings (SSSR count). The second kappa shape index (κ2) is 10.3. The summed E-state index contributed by atoms with van der Waals surface area (Å²) in [5.41, 5.74) is 12.1. The summed E-state index contributed by atoms with van der Waals surface area (Å²) >= 11 is 0. The van der Waals surface area contributed by atoms with Gasteiger partial charge in [-0.1, -0.05) is 109 Å². The lowest BCUT2D eigenvalue weighted by Crippen LogP contribution is -2.29. The molecule has 0 radical (unpaired) electrons. The van der Waals surface area contributed by atoms with Gasteiger partial charge in [0.25, 0.3) is 0 Å². The van der Waals surface area contributed by atoms with Crippen molar-refractivity contribution in [2.75, 3.05) is 4.90 Å². The van der Waals surface area contributed by atoms with Crippen molar-refractivity contribution in [1.82, 2.24) is 9.38 Å². The highest BCUT2D eigenvalue weighted by Gasteiger charge is 2.28.